The smallest absolute Gasteiger partial charge is 0.339 e. The first kappa shape index (κ1) is 25.8. The quantitative estimate of drug-likeness (QED) is 0.244. The molecule has 3 aromatic carbocycles. The Morgan fingerprint density at radius 1 is 0.919 bits per heavy atom. The van der Waals surface area contributed by atoms with Crippen molar-refractivity contribution in [2.45, 2.75) is 18.6 Å². The van der Waals surface area contributed by atoms with Gasteiger partial charge < -0.3 is 16.0 Å². The number of aromatic nitrogens is 1. The van der Waals surface area contributed by atoms with Crippen LogP contribution < -0.4 is 16.0 Å². The van der Waals surface area contributed by atoms with Gasteiger partial charge in [-0.25, -0.2) is 9.37 Å². The molecule has 11 heteroatoms. The Labute approximate surface area is 213 Å². The Balaban J connectivity index is 1.47. The second-order valence-corrected chi connectivity index (χ2v) is 8.81. The molecule has 4 rings (SSSR count). The predicted octanol–water partition coefficient (Wildman–Crippen LogP) is 6.02. The van der Waals surface area contributed by atoms with E-state index in [9.17, 15) is 27.2 Å². The number of thiazole rings is 1. The third-order valence-electron chi connectivity index (χ3n) is 5.19. The van der Waals surface area contributed by atoms with Crippen molar-refractivity contribution >= 4 is 39.7 Å². The molecule has 3 N–H and O–H groups in total. The number of benzene rings is 3. The fourth-order valence-corrected chi connectivity index (χ4v) is 4.10. The summed E-state index contributed by atoms with van der Waals surface area (Å²) >= 11 is 1.03. The van der Waals surface area contributed by atoms with Gasteiger partial charge in [0, 0.05) is 23.2 Å². The molecule has 1 unspecified atom stereocenters. The molecule has 1 heterocycles. The molecule has 0 bridgehead atoms. The number of anilines is 3. The molecule has 0 spiro atoms. The van der Waals surface area contributed by atoms with E-state index in [1.54, 1.807) is 12.1 Å². The van der Waals surface area contributed by atoms with Crippen LogP contribution in [0.15, 0.2) is 84.2 Å². The summed E-state index contributed by atoms with van der Waals surface area (Å²) in [5.74, 6) is -1.60. The maximum absolute atomic E-state index is 13.2. The van der Waals surface area contributed by atoms with Crippen LogP contribution in [0.2, 0.25) is 0 Å². The molecular weight excluding hydrogens is 508 g/mol. The fourth-order valence-electron chi connectivity index (χ4n) is 3.39. The van der Waals surface area contributed by atoms with Crippen molar-refractivity contribution in [2.24, 2.45) is 0 Å². The summed E-state index contributed by atoms with van der Waals surface area (Å²) in [5, 5.41) is 9.72. The van der Waals surface area contributed by atoms with E-state index < -0.39 is 35.4 Å². The van der Waals surface area contributed by atoms with E-state index in [2.05, 4.69) is 20.9 Å². The molecule has 0 saturated carbocycles. The minimum absolute atomic E-state index is 0.00730. The Kier molecular flexibility index (Phi) is 7.83. The number of nitrogens with zero attached hydrogens (tertiary/aromatic N) is 1. The first-order valence-corrected chi connectivity index (χ1v) is 11.9. The van der Waals surface area contributed by atoms with E-state index >= 15 is 0 Å². The summed E-state index contributed by atoms with van der Waals surface area (Å²) in [6, 6.07) is 17.9. The van der Waals surface area contributed by atoms with Gasteiger partial charge in [0.25, 0.3) is 5.91 Å². The number of hydrogen-bond acceptors (Lipinski definition) is 5. The molecule has 190 valence electrons. The van der Waals surface area contributed by atoms with Gasteiger partial charge in [-0.1, -0.05) is 36.4 Å². The minimum Gasteiger partial charge on any atom is -0.339 e. The number of hydrogen-bond donors (Lipinski definition) is 3. The normalized spacial score (nSPS) is 12.0. The Morgan fingerprint density at radius 3 is 2.35 bits per heavy atom. The second kappa shape index (κ2) is 11.2. The summed E-state index contributed by atoms with van der Waals surface area (Å²) in [6.07, 6.45) is -4.31. The van der Waals surface area contributed by atoms with E-state index in [0.29, 0.717) is 5.69 Å². The lowest BCUT2D eigenvalue weighted by molar-refractivity contribution is -0.137. The monoisotopic (exact) mass is 528 g/mol. The molecule has 0 aliphatic carbocycles. The van der Waals surface area contributed by atoms with Crippen LogP contribution in [-0.2, 0) is 17.4 Å². The summed E-state index contributed by atoms with van der Waals surface area (Å²) in [6.45, 7) is 0. The lowest BCUT2D eigenvalue weighted by Gasteiger charge is -2.18. The summed E-state index contributed by atoms with van der Waals surface area (Å²) in [7, 11) is 0. The molecule has 0 radical (unpaired) electrons. The summed E-state index contributed by atoms with van der Waals surface area (Å²) < 4.78 is 52.1. The van der Waals surface area contributed by atoms with Crippen molar-refractivity contribution in [1.82, 2.24) is 10.3 Å². The minimum atomic E-state index is -4.49. The highest BCUT2D eigenvalue weighted by Gasteiger charge is 2.30. The van der Waals surface area contributed by atoms with Crippen LogP contribution in [0.25, 0.3) is 0 Å². The molecule has 37 heavy (non-hydrogen) atoms. The first-order chi connectivity index (χ1) is 17.7. The maximum Gasteiger partial charge on any atom is 0.416 e. The number of carbonyl (C=O) groups is 2. The van der Waals surface area contributed by atoms with Crippen molar-refractivity contribution in [3.05, 3.63) is 107 Å². The Bertz CT molecular complexity index is 1380. The average molecular weight is 529 g/mol. The number of carbonyl (C=O) groups excluding carboxylic acids is 2. The van der Waals surface area contributed by atoms with Crippen LogP contribution in [0, 0.1) is 5.82 Å². The number of alkyl halides is 3. The number of rotatable bonds is 8. The van der Waals surface area contributed by atoms with Gasteiger partial charge in [-0.2, -0.15) is 13.2 Å². The highest BCUT2D eigenvalue weighted by molar-refractivity contribution is 7.14. The number of nitrogens with one attached hydrogen (secondary N) is 3. The molecule has 0 saturated heterocycles. The third kappa shape index (κ3) is 7.14. The SMILES string of the molecule is O=C(NC(Cc1ccccc1)C(=O)Nc1ccc(F)cc1)c1csc(Nc2cccc(C(F)(F)F)c2)n1. The molecule has 4 aromatic rings. The van der Waals surface area contributed by atoms with Crippen LogP contribution in [0.5, 0.6) is 0 Å². The van der Waals surface area contributed by atoms with Crippen LogP contribution in [0.4, 0.5) is 34.1 Å². The van der Waals surface area contributed by atoms with Gasteiger partial charge in [0.15, 0.2) is 5.13 Å². The largest absolute Gasteiger partial charge is 0.416 e. The zero-order chi connectivity index (χ0) is 26.4. The molecule has 2 amide bonds. The molecule has 1 aromatic heterocycles. The standard InChI is InChI=1S/C26H20F4N4O2S/c27-18-9-11-19(12-10-18)31-23(35)21(13-16-5-2-1-3-6-16)33-24(36)22-15-37-25(34-22)32-20-8-4-7-17(14-20)26(28,29)30/h1-12,14-15,21H,13H2,(H,31,35)(H,32,34)(H,33,36). The van der Waals surface area contributed by atoms with Gasteiger partial charge in [0.2, 0.25) is 5.91 Å². The van der Waals surface area contributed by atoms with Gasteiger partial charge in [0.05, 0.1) is 5.56 Å². The van der Waals surface area contributed by atoms with E-state index in [1.165, 1.54) is 41.8 Å². The van der Waals surface area contributed by atoms with E-state index in [4.69, 9.17) is 0 Å². The van der Waals surface area contributed by atoms with Crippen LogP contribution >= 0.6 is 11.3 Å². The van der Waals surface area contributed by atoms with Crippen molar-refractivity contribution in [1.29, 1.82) is 0 Å². The Morgan fingerprint density at radius 2 is 1.65 bits per heavy atom. The molecule has 0 aliphatic rings. The van der Waals surface area contributed by atoms with Crippen LogP contribution in [0.1, 0.15) is 21.6 Å². The lowest BCUT2D eigenvalue weighted by atomic mass is 10.0. The molecule has 1 atom stereocenters. The Hall–Kier alpha value is -4.25. The van der Waals surface area contributed by atoms with E-state index in [1.807, 2.05) is 18.2 Å². The summed E-state index contributed by atoms with van der Waals surface area (Å²) in [4.78, 5) is 30.1. The van der Waals surface area contributed by atoms with E-state index in [-0.39, 0.29) is 22.9 Å². The zero-order valence-electron chi connectivity index (χ0n) is 19.1. The number of halogens is 4. The maximum atomic E-state index is 13.2. The highest BCUT2D eigenvalue weighted by Crippen LogP contribution is 2.31. The summed E-state index contributed by atoms with van der Waals surface area (Å²) in [5.41, 5.74) is 0.499. The van der Waals surface area contributed by atoms with Gasteiger partial charge in [-0.3, -0.25) is 9.59 Å². The average Bonchev–Trinajstić information content (AvgIpc) is 3.34. The van der Waals surface area contributed by atoms with Gasteiger partial charge >= 0.3 is 6.18 Å². The zero-order valence-corrected chi connectivity index (χ0v) is 19.9. The van der Waals surface area contributed by atoms with E-state index in [0.717, 1.165) is 29.0 Å². The highest BCUT2D eigenvalue weighted by atomic mass is 32.1. The van der Waals surface area contributed by atoms with Crippen molar-refractivity contribution in [2.75, 3.05) is 10.6 Å². The van der Waals surface area contributed by atoms with Crippen LogP contribution in [-0.4, -0.2) is 22.8 Å². The predicted molar refractivity (Wildman–Crippen MR) is 133 cm³/mol. The fraction of sp³-hybridized carbons (Fsp3) is 0.115. The molecule has 0 aliphatic heterocycles. The van der Waals surface area contributed by atoms with Crippen molar-refractivity contribution in [3.63, 3.8) is 0 Å². The topological polar surface area (TPSA) is 83.1 Å². The molecular formula is C26H20F4N4O2S. The van der Waals surface area contributed by atoms with Crippen molar-refractivity contribution < 1.29 is 27.2 Å². The van der Waals surface area contributed by atoms with Gasteiger partial charge in [-0.05, 0) is 48.0 Å². The van der Waals surface area contributed by atoms with Crippen LogP contribution in [0.3, 0.4) is 0 Å². The first-order valence-electron chi connectivity index (χ1n) is 11.0. The third-order valence-corrected chi connectivity index (χ3v) is 5.95. The van der Waals surface area contributed by atoms with Gasteiger partial charge in [0.1, 0.15) is 17.6 Å². The van der Waals surface area contributed by atoms with Crippen molar-refractivity contribution in [3.8, 4) is 0 Å². The number of amides is 2. The van der Waals surface area contributed by atoms with Gasteiger partial charge in [-0.15, -0.1) is 11.3 Å². The molecule has 6 nitrogen and oxygen atoms in total. The lowest BCUT2D eigenvalue weighted by Crippen LogP contribution is -2.45. The molecule has 0 fully saturated rings. The second-order valence-electron chi connectivity index (χ2n) is 7.95.